The fourth-order valence-electron chi connectivity index (χ4n) is 3.91. The number of oxazole rings is 1. The first-order chi connectivity index (χ1) is 14.0. The Morgan fingerprint density at radius 3 is 2.86 bits per heavy atom. The number of aromatic nitrogens is 3. The number of carbonyl (C=O) groups is 1. The van der Waals surface area contributed by atoms with E-state index in [1.807, 2.05) is 26.2 Å². The molecule has 3 heterocycles. The van der Waals surface area contributed by atoms with Crippen LogP contribution in [0.25, 0.3) is 11.1 Å². The number of anilines is 1. The molecule has 1 aliphatic rings. The lowest BCUT2D eigenvalue weighted by Gasteiger charge is -2.22. The molecule has 1 aliphatic heterocycles. The lowest BCUT2D eigenvalue weighted by Crippen LogP contribution is -2.45. The van der Waals surface area contributed by atoms with E-state index in [2.05, 4.69) is 25.1 Å². The molecule has 152 valence electrons. The van der Waals surface area contributed by atoms with E-state index >= 15 is 0 Å². The predicted molar refractivity (Wildman–Crippen MR) is 109 cm³/mol. The van der Waals surface area contributed by atoms with Crippen molar-refractivity contribution in [1.82, 2.24) is 24.8 Å². The third-order valence-corrected chi connectivity index (χ3v) is 5.15. The molecule has 0 unspecified atom stereocenters. The fourth-order valence-corrected chi connectivity index (χ4v) is 3.91. The summed E-state index contributed by atoms with van der Waals surface area (Å²) in [5, 5.41) is 3.11. The van der Waals surface area contributed by atoms with Crippen LogP contribution in [0, 0.1) is 5.92 Å². The molecule has 0 radical (unpaired) electrons. The van der Waals surface area contributed by atoms with Gasteiger partial charge in [-0.25, -0.2) is 14.8 Å². The number of amides is 1. The van der Waals surface area contributed by atoms with E-state index in [1.165, 1.54) is 10.9 Å². The minimum atomic E-state index is -0.528. The Balaban J connectivity index is 1.49. The summed E-state index contributed by atoms with van der Waals surface area (Å²) in [6, 6.07) is 8.92. The second kappa shape index (κ2) is 8.04. The minimum absolute atomic E-state index is 0.0475. The van der Waals surface area contributed by atoms with Crippen molar-refractivity contribution in [3.8, 4) is 0 Å². The van der Waals surface area contributed by atoms with Crippen LogP contribution in [0.15, 0.2) is 52.1 Å². The lowest BCUT2D eigenvalue weighted by molar-refractivity contribution is -0.122. The van der Waals surface area contributed by atoms with E-state index in [4.69, 9.17) is 4.42 Å². The molecule has 1 aromatic carbocycles. The van der Waals surface area contributed by atoms with Gasteiger partial charge >= 0.3 is 5.76 Å². The number of benzene rings is 1. The van der Waals surface area contributed by atoms with Gasteiger partial charge < -0.3 is 19.5 Å². The minimum Gasteiger partial charge on any atom is -0.408 e. The maximum atomic E-state index is 12.8. The van der Waals surface area contributed by atoms with Crippen molar-refractivity contribution in [3.05, 3.63) is 53.4 Å². The Bertz CT molecular complexity index is 1050. The predicted octanol–water partition coefficient (Wildman–Crippen LogP) is 0.567. The van der Waals surface area contributed by atoms with Crippen LogP contribution in [-0.2, 0) is 11.3 Å². The van der Waals surface area contributed by atoms with Gasteiger partial charge in [-0.15, -0.1) is 0 Å². The standard InChI is InChI=1S/C20H24N6O3/c1-24(2)9-14-10-25(18-7-8-21-13-22-18)11-15(14)23-19(27)12-26-16-5-3-4-6-17(16)29-20(26)28/h3-8,13-15H,9-12H2,1-2H3,(H,23,27)/t14-,15-/m1/s1. The summed E-state index contributed by atoms with van der Waals surface area (Å²) in [6.45, 7) is 2.20. The molecule has 0 spiro atoms. The average molecular weight is 396 g/mol. The summed E-state index contributed by atoms with van der Waals surface area (Å²) in [4.78, 5) is 37.5. The first-order valence-electron chi connectivity index (χ1n) is 9.54. The smallest absolute Gasteiger partial charge is 0.408 e. The molecule has 2 atom stereocenters. The Labute approximate surface area is 168 Å². The molecule has 3 aromatic rings. The summed E-state index contributed by atoms with van der Waals surface area (Å²) in [7, 11) is 4.03. The Morgan fingerprint density at radius 1 is 1.28 bits per heavy atom. The number of carbonyl (C=O) groups excluding carboxylic acids is 1. The second-order valence-electron chi connectivity index (χ2n) is 7.59. The van der Waals surface area contributed by atoms with Gasteiger partial charge in [-0.3, -0.25) is 9.36 Å². The molecule has 9 nitrogen and oxygen atoms in total. The Kier molecular flexibility index (Phi) is 5.30. The normalized spacial score (nSPS) is 19.2. The SMILES string of the molecule is CN(C)C[C@@H]1CN(c2ccncn2)C[C@H]1NC(=O)Cn1c(=O)oc2ccccc21. The topological polar surface area (TPSA) is 96.5 Å². The van der Waals surface area contributed by atoms with E-state index < -0.39 is 5.76 Å². The highest BCUT2D eigenvalue weighted by Gasteiger charge is 2.34. The maximum absolute atomic E-state index is 12.8. The van der Waals surface area contributed by atoms with E-state index in [-0.39, 0.29) is 24.4 Å². The van der Waals surface area contributed by atoms with Gasteiger partial charge in [0.15, 0.2) is 5.58 Å². The van der Waals surface area contributed by atoms with E-state index in [9.17, 15) is 9.59 Å². The van der Waals surface area contributed by atoms with Crippen LogP contribution in [0.3, 0.4) is 0 Å². The van der Waals surface area contributed by atoms with Crippen LogP contribution in [-0.4, -0.2) is 65.1 Å². The lowest BCUT2D eigenvalue weighted by atomic mass is 10.0. The van der Waals surface area contributed by atoms with Crippen LogP contribution in [0.2, 0.25) is 0 Å². The number of nitrogens with one attached hydrogen (secondary N) is 1. The van der Waals surface area contributed by atoms with Gasteiger partial charge in [-0.2, -0.15) is 0 Å². The molecular weight excluding hydrogens is 372 g/mol. The fraction of sp³-hybridized carbons (Fsp3) is 0.400. The van der Waals surface area contributed by atoms with Crippen LogP contribution in [0.1, 0.15) is 0 Å². The first-order valence-corrected chi connectivity index (χ1v) is 9.54. The van der Waals surface area contributed by atoms with Gasteiger partial charge in [0.2, 0.25) is 5.91 Å². The number of nitrogens with zero attached hydrogens (tertiary/aromatic N) is 5. The molecule has 29 heavy (non-hydrogen) atoms. The Morgan fingerprint density at radius 2 is 2.10 bits per heavy atom. The monoisotopic (exact) mass is 396 g/mol. The average Bonchev–Trinajstić information content (AvgIpc) is 3.23. The summed E-state index contributed by atoms with van der Waals surface area (Å²) < 4.78 is 6.58. The molecule has 4 rings (SSSR count). The number of rotatable bonds is 6. The number of fused-ring (bicyclic) bond motifs is 1. The number of hydrogen-bond donors (Lipinski definition) is 1. The van der Waals surface area contributed by atoms with Gasteiger partial charge in [0.05, 0.1) is 11.6 Å². The highest BCUT2D eigenvalue weighted by Crippen LogP contribution is 2.23. The number of para-hydroxylation sites is 2. The van der Waals surface area contributed by atoms with Gasteiger partial charge in [0.25, 0.3) is 0 Å². The number of hydrogen-bond acceptors (Lipinski definition) is 7. The van der Waals surface area contributed by atoms with Crippen LogP contribution in [0.5, 0.6) is 0 Å². The first kappa shape index (κ1) is 19.1. The zero-order valence-corrected chi connectivity index (χ0v) is 16.5. The zero-order valence-electron chi connectivity index (χ0n) is 16.5. The largest absolute Gasteiger partial charge is 0.420 e. The van der Waals surface area contributed by atoms with Crippen molar-refractivity contribution >= 4 is 22.8 Å². The molecule has 0 aliphatic carbocycles. The molecule has 2 aromatic heterocycles. The molecule has 1 saturated heterocycles. The summed E-state index contributed by atoms with van der Waals surface area (Å²) in [5.41, 5.74) is 1.10. The van der Waals surface area contributed by atoms with Crippen LogP contribution >= 0.6 is 0 Å². The van der Waals surface area contributed by atoms with E-state index in [0.29, 0.717) is 17.6 Å². The molecule has 0 saturated carbocycles. The third kappa shape index (κ3) is 4.14. The molecular formula is C20H24N6O3. The summed E-state index contributed by atoms with van der Waals surface area (Å²) in [6.07, 6.45) is 3.24. The third-order valence-electron chi connectivity index (χ3n) is 5.15. The van der Waals surface area contributed by atoms with Crippen molar-refractivity contribution in [2.45, 2.75) is 12.6 Å². The van der Waals surface area contributed by atoms with Gasteiger partial charge in [-0.05, 0) is 32.3 Å². The molecule has 1 fully saturated rings. The molecule has 1 N–H and O–H groups in total. The highest BCUT2D eigenvalue weighted by molar-refractivity contribution is 5.79. The zero-order chi connectivity index (χ0) is 20.4. The van der Waals surface area contributed by atoms with Crippen LogP contribution < -0.4 is 16.0 Å². The van der Waals surface area contributed by atoms with E-state index in [1.54, 1.807) is 24.4 Å². The van der Waals surface area contributed by atoms with Crippen LogP contribution in [0.4, 0.5) is 5.82 Å². The summed E-state index contributed by atoms with van der Waals surface area (Å²) in [5.74, 6) is 0.344. The second-order valence-corrected chi connectivity index (χ2v) is 7.59. The molecule has 9 heteroatoms. The maximum Gasteiger partial charge on any atom is 0.420 e. The summed E-state index contributed by atoms with van der Waals surface area (Å²) >= 11 is 0. The van der Waals surface area contributed by atoms with Crippen molar-refractivity contribution in [1.29, 1.82) is 0 Å². The van der Waals surface area contributed by atoms with E-state index in [0.717, 1.165) is 18.9 Å². The highest BCUT2D eigenvalue weighted by atomic mass is 16.4. The molecule has 1 amide bonds. The van der Waals surface area contributed by atoms with Gasteiger partial charge in [0, 0.05) is 31.7 Å². The molecule has 0 bridgehead atoms. The van der Waals surface area contributed by atoms with Crippen molar-refractivity contribution < 1.29 is 9.21 Å². The van der Waals surface area contributed by atoms with Gasteiger partial charge in [0.1, 0.15) is 18.7 Å². The van der Waals surface area contributed by atoms with Crippen molar-refractivity contribution in [2.24, 2.45) is 5.92 Å². The van der Waals surface area contributed by atoms with Gasteiger partial charge in [-0.1, -0.05) is 12.1 Å². The van der Waals surface area contributed by atoms with Crippen molar-refractivity contribution in [2.75, 3.05) is 38.6 Å². The Hall–Kier alpha value is -3.20. The quantitative estimate of drug-likeness (QED) is 0.651. The van der Waals surface area contributed by atoms with Crippen molar-refractivity contribution in [3.63, 3.8) is 0 Å².